The van der Waals surface area contributed by atoms with E-state index in [9.17, 15) is 0 Å². The van der Waals surface area contributed by atoms with E-state index in [2.05, 4.69) is 211 Å². The summed E-state index contributed by atoms with van der Waals surface area (Å²) in [7, 11) is 0. The van der Waals surface area contributed by atoms with Crippen LogP contribution in [0.25, 0.3) is 83.3 Å². The Morgan fingerprint density at radius 1 is 0.367 bits per heavy atom. The molecule has 0 saturated heterocycles. The van der Waals surface area contributed by atoms with Crippen molar-refractivity contribution in [3.8, 4) is 50.7 Å². The number of hydrogen-bond donors (Lipinski definition) is 0. The summed E-state index contributed by atoms with van der Waals surface area (Å²) in [5.74, 6) is 0.699. The van der Waals surface area contributed by atoms with Gasteiger partial charge in [-0.25, -0.2) is 9.97 Å². The highest BCUT2D eigenvalue weighted by Crippen LogP contribution is 2.57. The largest absolute Gasteiger partial charge is 0.309 e. The molecule has 0 aliphatic heterocycles. The highest BCUT2D eigenvalue weighted by atomic mass is 15.0. The Balaban J connectivity index is 0.998. The first-order valence-electron chi connectivity index (χ1n) is 20.6. The van der Waals surface area contributed by atoms with Crippen LogP contribution >= 0.6 is 0 Å². The van der Waals surface area contributed by atoms with E-state index in [0.717, 1.165) is 33.8 Å². The first-order valence-corrected chi connectivity index (χ1v) is 20.6. The predicted molar refractivity (Wildman–Crippen MR) is 247 cm³/mol. The lowest BCUT2D eigenvalue weighted by Crippen LogP contribution is -2.28. The van der Waals surface area contributed by atoms with E-state index in [4.69, 9.17) is 9.97 Å². The van der Waals surface area contributed by atoms with Gasteiger partial charge in [-0.2, -0.15) is 0 Å². The molecule has 11 aromatic rings. The summed E-state index contributed by atoms with van der Waals surface area (Å²) in [4.78, 5) is 10.4. The van der Waals surface area contributed by atoms with Crippen LogP contribution in [0.1, 0.15) is 22.3 Å². The molecule has 0 bridgehead atoms. The van der Waals surface area contributed by atoms with E-state index in [1.54, 1.807) is 0 Å². The minimum atomic E-state index is -0.500. The van der Waals surface area contributed by atoms with Gasteiger partial charge in [-0.15, -0.1) is 0 Å². The molecule has 280 valence electrons. The Morgan fingerprint density at radius 3 is 1.58 bits per heavy atom. The van der Waals surface area contributed by atoms with Gasteiger partial charge >= 0.3 is 0 Å². The van der Waals surface area contributed by atoms with Crippen molar-refractivity contribution < 1.29 is 0 Å². The zero-order valence-electron chi connectivity index (χ0n) is 32.7. The number of nitrogens with zero attached hydrogens (tertiary/aromatic N) is 3. The molecule has 9 aromatic carbocycles. The van der Waals surface area contributed by atoms with E-state index in [1.165, 1.54) is 66.0 Å². The maximum absolute atomic E-state index is 5.22. The number of aromatic nitrogens is 3. The molecule has 3 nitrogen and oxygen atoms in total. The maximum Gasteiger partial charge on any atom is 0.160 e. The van der Waals surface area contributed by atoms with Crippen LogP contribution in [0.4, 0.5) is 0 Å². The van der Waals surface area contributed by atoms with Crippen LogP contribution in [-0.4, -0.2) is 14.5 Å². The molecule has 2 heterocycles. The second-order valence-corrected chi connectivity index (χ2v) is 15.7. The van der Waals surface area contributed by atoms with Crippen molar-refractivity contribution in [2.75, 3.05) is 0 Å². The first-order chi connectivity index (χ1) is 29.8. The van der Waals surface area contributed by atoms with Crippen LogP contribution in [0.3, 0.4) is 0 Å². The minimum absolute atomic E-state index is 0.500. The lowest BCUT2D eigenvalue weighted by Gasteiger charge is -2.34. The lowest BCUT2D eigenvalue weighted by molar-refractivity contribution is 0.769. The molecule has 2 aromatic heterocycles. The average molecular weight is 764 g/mol. The Labute approximate surface area is 348 Å². The molecule has 60 heavy (non-hydrogen) atoms. The Hall–Kier alpha value is -7.88. The van der Waals surface area contributed by atoms with Gasteiger partial charge in [0.15, 0.2) is 5.82 Å². The fourth-order valence-corrected chi connectivity index (χ4v) is 9.86. The summed E-state index contributed by atoms with van der Waals surface area (Å²) in [6, 6.07) is 81.0. The number of hydrogen-bond acceptors (Lipinski definition) is 2. The second-order valence-electron chi connectivity index (χ2n) is 15.7. The van der Waals surface area contributed by atoms with E-state index in [0.29, 0.717) is 5.82 Å². The van der Waals surface area contributed by atoms with E-state index in [1.807, 2.05) is 18.2 Å². The Morgan fingerprint density at radius 2 is 0.900 bits per heavy atom. The van der Waals surface area contributed by atoms with Gasteiger partial charge in [0.2, 0.25) is 0 Å². The number of para-hydroxylation sites is 2. The summed E-state index contributed by atoms with van der Waals surface area (Å²) < 4.78 is 2.35. The van der Waals surface area contributed by atoms with Crippen molar-refractivity contribution in [1.29, 1.82) is 0 Å². The van der Waals surface area contributed by atoms with Gasteiger partial charge in [0.25, 0.3) is 0 Å². The third-order valence-electron chi connectivity index (χ3n) is 12.5. The van der Waals surface area contributed by atoms with Gasteiger partial charge < -0.3 is 4.57 Å². The predicted octanol–water partition coefficient (Wildman–Crippen LogP) is 14.1. The van der Waals surface area contributed by atoms with E-state index >= 15 is 0 Å². The van der Waals surface area contributed by atoms with Crippen molar-refractivity contribution in [3.63, 3.8) is 0 Å². The molecule has 1 aliphatic carbocycles. The fourth-order valence-electron chi connectivity index (χ4n) is 9.86. The smallest absolute Gasteiger partial charge is 0.160 e. The quantitative estimate of drug-likeness (QED) is 0.169. The molecule has 0 amide bonds. The van der Waals surface area contributed by atoms with Gasteiger partial charge in [0.1, 0.15) is 0 Å². The Kier molecular flexibility index (Phi) is 7.76. The lowest BCUT2D eigenvalue weighted by atomic mass is 9.67. The Bertz CT molecular complexity index is 3350. The molecular formula is C57H37N3. The monoisotopic (exact) mass is 763 g/mol. The van der Waals surface area contributed by atoms with Crippen molar-refractivity contribution >= 4 is 32.6 Å². The van der Waals surface area contributed by atoms with Gasteiger partial charge in [-0.05, 0) is 74.5 Å². The summed E-state index contributed by atoms with van der Waals surface area (Å²) in [6.45, 7) is 0. The minimum Gasteiger partial charge on any atom is -0.309 e. The van der Waals surface area contributed by atoms with Crippen LogP contribution in [0.2, 0.25) is 0 Å². The second kappa shape index (κ2) is 13.6. The van der Waals surface area contributed by atoms with Gasteiger partial charge in [0, 0.05) is 33.2 Å². The molecule has 0 spiro atoms. The van der Waals surface area contributed by atoms with Crippen molar-refractivity contribution in [2.24, 2.45) is 0 Å². The number of fused-ring (bicyclic) bond motifs is 8. The van der Waals surface area contributed by atoms with Crippen molar-refractivity contribution in [2.45, 2.75) is 5.41 Å². The molecule has 0 saturated carbocycles. The molecule has 0 fully saturated rings. The van der Waals surface area contributed by atoms with Crippen LogP contribution in [0, 0.1) is 0 Å². The van der Waals surface area contributed by atoms with Gasteiger partial charge in [-0.3, -0.25) is 0 Å². The normalized spacial score (nSPS) is 14.4. The molecule has 12 rings (SSSR count). The third kappa shape index (κ3) is 5.16. The van der Waals surface area contributed by atoms with Crippen molar-refractivity contribution in [1.82, 2.24) is 14.5 Å². The summed E-state index contributed by atoms with van der Waals surface area (Å²) in [6.07, 6.45) is 0. The third-order valence-corrected chi connectivity index (χ3v) is 12.5. The molecule has 1 aliphatic rings. The molecule has 0 radical (unpaired) electrons. The number of rotatable bonds is 6. The number of benzene rings is 9. The van der Waals surface area contributed by atoms with E-state index < -0.39 is 5.41 Å². The van der Waals surface area contributed by atoms with E-state index in [-0.39, 0.29) is 0 Å². The van der Waals surface area contributed by atoms with Crippen LogP contribution in [0.5, 0.6) is 0 Å². The molecule has 3 heteroatoms. The maximum atomic E-state index is 5.22. The zero-order chi connectivity index (χ0) is 39.6. The van der Waals surface area contributed by atoms with Gasteiger partial charge in [0.05, 0.1) is 27.8 Å². The first kappa shape index (κ1) is 34.2. The molecule has 0 N–H and O–H groups in total. The molecule has 1 unspecified atom stereocenters. The van der Waals surface area contributed by atoms with Gasteiger partial charge in [-0.1, -0.05) is 194 Å². The highest BCUT2D eigenvalue weighted by Gasteiger charge is 2.46. The zero-order valence-corrected chi connectivity index (χ0v) is 32.7. The van der Waals surface area contributed by atoms with Crippen molar-refractivity contribution in [3.05, 3.63) is 247 Å². The summed E-state index contributed by atoms with van der Waals surface area (Å²) in [5.41, 5.74) is 15.5. The summed E-state index contributed by atoms with van der Waals surface area (Å²) >= 11 is 0. The fraction of sp³-hybridized carbons (Fsp3) is 0.0175. The highest BCUT2D eigenvalue weighted by molar-refractivity contribution is 6.09. The van der Waals surface area contributed by atoms with Crippen LogP contribution in [-0.2, 0) is 5.41 Å². The van der Waals surface area contributed by atoms with Crippen LogP contribution < -0.4 is 0 Å². The molecule has 1 atom stereocenters. The SMILES string of the molecule is c1ccc(-c2nc(-c3ccc(-n4c5ccccc5c5ccccc54)cc3)cc(-c3ccc(C4(c5ccccc5)c5ccccc5-c5c4ccc4ccccc54)cc3)n2)cc1. The van der Waals surface area contributed by atoms with Crippen LogP contribution in [0.15, 0.2) is 224 Å². The molecular weight excluding hydrogens is 727 g/mol. The average Bonchev–Trinajstić information content (AvgIpc) is 3.83. The summed E-state index contributed by atoms with van der Waals surface area (Å²) in [5, 5.41) is 5.03. The standard InChI is InChI=1S/C57H37N3/c1-3-16-41(17-4-1)56-58-51(37-52(59-56)40-29-34-44(35-30-40)60-53-25-13-10-21-46(53)47-22-11-14-26-54(47)60)39-27-32-43(33-28-39)57(42-18-5-2-6-19-42)49-24-12-9-23-48(49)55-45-20-8-7-15-38(45)31-36-50(55)57/h1-37H. The topological polar surface area (TPSA) is 30.7 Å².